The van der Waals surface area contributed by atoms with Gasteiger partial charge in [0.1, 0.15) is 5.82 Å². The van der Waals surface area contributed by atoms with Gasteiger partial charge in [0.25, 0.3) is 0 Å². The van der Waals surface area contributed by atoms with E-state index in [0.29, 0.717) is 16.9 Å². The lowest BCUT2D eigenvalue weighted by Crippen LogP contribution is -2.37. The summed E-state index contributed by atoms with van der Waals surface area (Å²) in [7, 11) is -3.33. The number of nitrogens with zero attached hydrogens (tertiary/aromatic N) is 2. The third-order valence-corrected chi connectivity index (χ3v) is 6.66. The molecule has 1 atom stereocenters. The lowest BCUT2D eigenvalue weighted by atomic mass is 10.1. The summed E-state index contributed by atoms with van der Waals surface area (Å²) in [4.78, 5) is 25.2. The summed E-state index contributed by atoms with van der Waals surface area (Å²) >= 11 is 0. The van der Waals surface area contributed by atoms with Gasteiger partial charge in [-0.15, -0.1) is 0 Å². The lowest BCUT2D eigenvalue weighted by Gasteiger charge is -2.15. The maximum atomic E-state index is 12.7. The van der Waals surface area contributed by atoms with E-state index < -0.39 is 21.7 Å². The van der Waals surface area contributed by atoms with Crippen LogP contribution >= 0.6 is 0 Å². The van der Waals surface area contributed by atoms with Crippen LogP contribution in [0.25, 0.3) is 5.69 Å². The van der Waals surface area contributed by atoms with Gasteiger partial charge in [0.05, 0.1) is 28.9 Å². The smallest absolute Gasteiger partial charge is 0.314 e. The first kappa shape index (κ1) is 20.8. The van der Waals surface area contributed by atoms with Crippen LogP contribution in [0.3, 0.4) is 0 Å². The normalized spacial score (nSPS) is 15.2. The topological polar surface area (TPSA) is 110 Å². The Morgan fingerprint density at radius 2 is 1.68 bits per heavy atom. The summed E-state index contributed by atoms with van der Waals surface area (Å²) in [6.07, 6.45) is 0. The van der Waals surface area contributed by atoms with Crippen LogP contribution in [0, 0.1) is 6.92 Å². The maximum Gasteiger partial charge on any atom is 0.314 e. The van der Waals surface area contributed by atoms with Gasteiger partial charge in [-0.05, 0) is 31.0 Å². The van der Waals surface area contributed by atoms with E-state index in [-0.39, 0.29) is 23.4 Å². The number of aromatic nitrogens is 2. The molecule has 1 unspecified atom stereocenters. The molecule has 0 saturated heterocycles. The Morgan fingerprint density at radius 1 is 1.00 bits per heavy atom. The first-order valence-corrected chi connectivity index (χ1v) is 11.6. The Hall–Kier alpha value is -3.46. The highest BCUT2D eigenvalue weighted by molar-refractivity contribution is 7.90. The molecule has 8 nitrogen and oxygen atoms in total. The number of fused-ring (bicyclic) bond motifs is 1. The zero-order valence-corrected chi connectivity index (χ0v) is 17.9. The summed E-state index contributed by atoms with van der Waals surface area (Å²) in [6, 6.07) is 16.3. The maximum absolute atomic E-state index is 12.7. The summed E-state index contributed by atoms with van der Waals surface area (Å²) in [5, 5.41) is 9.69. The molecule has 1 aliphatic rings. The van der Waals surface area contributed by atoms with Crippen molar-refractivity contribution in [2.45, 2.75) is 31.4 Å². The molecule has 31 heavy (non-hydrogen) atoms. The van der Waals surface area contributed by atoms with Crippen LogP contribution in [0.5, 0.6) is 0 Å². The van der Waals surface area contributed by atoms with Crippen LogP contribution in [-0.4, -0.2) is 30.0 Å². The first-order chi connectivity index (χ1) is 14.7. The van der Waals surface area contributed by atoms with E-state index in [1.807, 2.05) is 61.5 Å². The second kappa shape index (κ2) is 7.99. The molecule has 2 N–H and O–H groups in total. The number of carbonyl (C=O) groups is 2. The van der Waals surface area contributed by atoms with Gasteiger partial charge < -0.3 is 10.6 Å². The number of benzene rings is 2. The molecule has 160 valence electrons. The minimum atomic E-state index is -3.33. The molecule has 0 fully saturated rings. The fourth-order valence-corrected chi connectivity index (χ4v) is 5.09. The highest BCUT2D eigenvalue weighted by atomic mass is 32.2. The minimum absolute atomic E-state index is 0.193. The third-order valence-electron chi connectivity index (χ3n) is 5.22. The van der Waals surface area contributed by atoms with Gasteiger partial charge in [-0.2, -0.15) is 5.10 Å². The van der Waals surface area contributed by atoms with Crippen molar-refractivity contribution in [1.82, 2.24) is 15.1 Å². The molecule has 0 bridgehead atoms. The number of anilines is 1. The Kier molecular flexibility index (Phi) is 5.36. The Morgan fingerprint density at radius 3 is 2.39 bits per heavy atom. The zero-order valence-electron chi connectivity index (χ0n) is 17.1. The van der Waals surface area contributed by atoms with Crippen molar-refractivity contribution in [2.75, 3.05) is 5.32 Å². The predicted octanol–water partition coefficient (Wildman–Crippen LogP) is 2.43. The standard InChI is InChI=1S/C22H22N4O4S/c1-14-8-6-7-11-19(14)26-20(17-12-31(29,30)13-18(17)25-26)24-22(28)21(27)23-15(2)16-9-4-3-5-10-16/h3-11,15H,12-13H2,1-2H3,(H,23,27)(H,24,28). The monoisotopic (exact) mass is 438 g/mol. The van der Waals surface area contributed by atoms with E-state index in [9.17, 15) is 18.0 Å². The number of carbonyl (C=O) groups excluding carboxylic acids is 2. The van der Waals surface area contributed by atoms with Gasteiger partial charge in [0.15, 0.2) is 9.84 Å². The van der Waals surface area contributed by atoms with E-state index in [0.717, 1.165) is 11.1 Å². The van der Waals surface area contributed by atoms with Crippen LogP contribution in [0.1, 0.15) is 35.3 Å². The molecule has 1 aromatic heterocycles. The van der Waals surface area contributed by atoms with Crippen molar-refractivity contribution in [3.05, 3.63) is 77.0 Å². The van der Waals surface area contributed by atoms with Crippen LogP contribution in [-0.2, 0) is 30.9 Å². The second-order valence-corrected chi connectivity index (χ2v) is 9.63. The van der Waals surface area contributed by atoms with Gasteiger partial charge in [-0.1, -0.05) is 48.5 Å². The van der Waals surface area contributed by atoms with Crippen LogP contribution in [0.2, 0.25) is 0 Å². The van der Waals surface area contributed by atoms with Gasteiger partial charge in [-0.25, -0.2) is 13.1 Å². The molecular weight excluding hydrogens is 416 g/mol. The highest BCUT2D eigenvalue weighted by Crippen LogP contribution is 2.33. The number of rotatable bonds is 4. The Bertz CT molecular complexity index is 1270. The first-order valence-electron chi connectivity index (χ1n) is 9.79. The number of hydrogen-bond donors (Lipinski definition) is 2. The number of aryl methyl sites for hydroxylation is 1. The van der Waals surface area contributed by atoms with E-state index in [1.54, 1.807) is 6.92 Å². The summed E-state index contributed by atoms with van der Waals surface area (Å²) in [5.41, 5.74) is 3.25. The van der Waals surface area contributed by atoms with Crippen LogP contribution < -0.4 is 10.6 Å². The SMILES string of the molecule is Cc1ccccc1-n1nc2c(c1NC(=O)C(=O)NC(C)c1ccccc1)CS(=O)(=O)C2. The summed E-state index contributed by atoms with van der Waals surface area (Å²) < 4.78 is 25.7. The van der Waals surface area contributed by atoms with Crippen molar-refractivity contribution >= 4 is 27.5 Å². The largest absolute Gasteiger partial charge is 0.341 e. The molecule has 0 radical (unpaired) electrons. The highest BCUT2D eigenvalue weighted by Gasteiger charge is 2.34. The Balaban J connectivity index is 1.62. The van der Waals surface area contributed by atoms with Crippen molar-refractivity contribution in [3.63, 3.8) is 0 Å². The third kappa shape index (κ3) is 4.22. The van der Waals surface area contributed by atoms with E-state index in [1.165, 1.54) is 4.68 Å². The lowest BCUT2D eigenvalue weighted by molar-refractivity contribution is -0.136. The number of hydrogen-bond acceptors (Lipinski definition) is 5. The van der Waals surface area contributed by atoms with Gasteiger partial charge in [0.2, 0.25) is 0 Å². The Labute approximate surface area is 180 Å². The van der Waals surface area contributed by atoms with Crippen molar-refractivity contribution in [3.8, 4) is 5.69 Å². The fourth-order valence-electron chi connectivity index (χ4n) is 3.60. The van der Waals surface area contributed by atoms with Crippen LogP contribution in [0.4, 0.5) is 5.82 Å². The summed E-state index contributed by atoms with van der Waals surface area (Å²) in [6.45, 7) is 3.67. The summed E-state index contributed by atoms with van der Waals surface area (Å²) in [5.74, 6) is -1.92. The predicted molar refractivity (Wildman–Crippen MR) is 116 cm³/mol. The van der Waals surface area contributed by atoms with Crippen LogP contribution in [0.15, 0.2) is 54.6 Å². The van der Waals surface area contributed by atoms with Crippen molar-refractivity contribution in [2.24, 2.45) is 0 Å². The van der Waals surface area contributed by atoms with Crippen molar-refractivity contribution in [1.29, 1.82) is 0 Å². The fraction of sp³-hybridized carbons (Fsp3) is 0.227. The van der Waals surface area contributed by atoms with E-state index >= 15 is 0 Å². The average Bonchev–Trinajstić information content (AvgIpc) is 3.21. The molecule has 3 aromatic rings. The number of para-hydroxylation sites is 1. The van der Waals surface area contributed by atoms with Gasteiger partial charge in [0, 0.05) is 5.56 Å². The molecule has 9 heteroatoms. The molecule has 0 aliphatic carbocycles. The molecule has 0 saturated carbocycles. The number of sulfone groups is 1. The minimum Gasteiger partial charge on any atom is -0.341 e. The van der Waals surface area contributed by atoms with Gasteiger partial charge in [-0.3, -0.25) is 9.59 Å². The molecule has 0 spiro atoms. The molecule has 4 rings (SSSR count). The average molecular weight is 439 g/mol. The quantitative estimate of drug-likeness (QED) is 0.608. The number of amides is 2. The van der Waals surface area contributed by atoms with Gasteiger partial charge >= 0.3 is 11.8 Å². The second-order valence-electron chi connectivity index (χ2n) is 7.56. The zero-order chi connectivity index (χ0) is 22.2. The molecular formula is C22H22N4O4S. The van der Waals surface area contributed by atoms with E-state index in [2.05, 4.69) is 15.7 Å². The molecule has 2 heterocycles. The van der Waals surface area contributed by atoms with Crippen molar-refractivity contribution < 1.29 is 18.0 Å². The molecule has 1 aliphatic heterocycles. The molecule has 2 aromatic carbocycles. The molecule has 2 amide bonds. The number of nitrogens with one attached hydrogen (secondary N) is 2. The van der Waals surface area contributed by atoms with E-state index in [4.69, 9.17) is 0 Å².